The predicted octanol–water partition coefficient (Wildman–Crippen LogP) is 3.01. The molecule has 0 unspecified atom stereocenters. The Bertz CT molecular complexity index is 967. The fraction of sp³-hybridized carbons (Fsp3) is 0.111. The van der Waals surface area contributed by atoms with Gasteiger partial charge in [0.25, 0.3) is 5.56 Å². The maximum atomic E-state index is 12.2. The van der Waals surface area contributed by atoms with Crippen LogP contribution < -0.4 is 10.9 Å². The minimum absolute atomic E-state index is 0.181. The number of aromatic nitrogens is 3. The number of nitrogens with one attached hydrogen (secondary N) is 1. The second-order valence-corrected chi connectivity index (χ2v) is 6.35. The maximum absolute atomic E-state index is 12.2. The maximum Gasteiger partial charge on any atom is 0.267 e. The second kappa shape index (κ2) is 7.40. The van der Waals surface area contributed by atoms with Crippen molar-refractivity contribution in [3.05, 3.63) is 75.1 Å². The zero-order valence-corrected chi connectivity index (χ0v) is 15.0. The van der Waals surface area contributed by atoms with Crippen molar-refractivity contribution in [1.82, 2.24) is 14.8 Å². The molecule has 1 aromatic carbocycles. The summed E-state index contributed by atoms with van der Waals surface area (Å²) in [7, 11) is 0. The molecule has 0 bridgehead atoms. The number of amides is 1. The minimum Gasteiger partial charge on any atom is -0.309 e. The van der Waals surface area contributed by atoms with Crippen LogP contribution in [0.2, 0.25) is 0 Å². The third-order valence-electron chi connectivity index (χ3n) is 3.57. The molecule has 0 fully saturated rings. The summed E-state index contributed by atoms with van der Waals surface area (Å²) in [5.41, 5.74) is 1.99. The van der Waals surface area contributed by atoms with Gasteiger partial charge in [-0.3, -0.25) is 9.59 Å². The lowest BCUT2D eigenvalue weighted by atomic mass is 10.1. The number of halogens is 1. The number of hydrogen-bond donors (Lipinski definition) is 1. The molecule has 6 nitrogen and oxygen atoms in total. The molecule has 0 saturated carbocycles. The summed E-state index contributed by atoms with van der Waals surface area (Å²) < 4.78 is 2.10. The average Bonchev–Trinajstić information content (AvgIpc) is 2.60. The molecule has 0 spiro atoms. The number of hydrogen-bond acceptors (Lipinski definition) is 4. The van der Waals surface area contributed by atoms with Crippen molar-refractivity contribution in [1.29, 1.82) is 0 Å². The lowest BCUT2D eigenvalue weighted by Gasteiger charge is -2.09. The van der Waals surface area contributed by atoms with E-state index in [1.54, 1.807) is 18.3 Å². The first-order valence-corrected chi connectivity index (χ1v) is 8.38. The quantitative estimate of drug-likeness (QED) is 0.732. The highest BCUT2D eigenvalue weighted by atomic mass is 79.9. The monoisotopic (exact) mass is 398 g/mol. The molecule has 1 N–H and O–H groups in total. The Morgan fingerprint density at radius 2 is 1.92 bits per heavy atom. The Labute approximate surface area is 152 Å². The van der Waals surface area contributed by atoms with Crippen LogP contribution in [0.3, 0.4) is 0 Å². The Hall–Kier alpha value is -2.80. The van der Waals surface area contributed by atoms with E-state index >= 15 is 0 Å². The van der Waals surface area contributed by atoms with E-state index in [1.165, 1.54) is 6.07 Å². The van der Waals surface area contributed by atoms with Crippen LogP contribution >= 0.6 is 15.9 Å². The number of anilines is 1. The van der Waals surface area contributed by atoms with Gasteiger partial charge in [-0.1, -0.05) is 34.1 Å². The van der Waals surface area contributed by atoms with Crippen molar-refractivity contribution < 1.29 is 4.79 Å². The van der Waals surface area contributed by atoms with Gasteiger partial charge >= 0.3 is 0 Å². The molecule has 1 amide bonds. The number of pyridine rings is 1. The first-order valence-electron chi connectivity index (χ1n) is 7.58. The number of benzene rings is 1. The molecule has 3 aromatic rings. The molecule has 0 atom stereocenters. The Kier molecular flexibility index (Phi) is 5.04. The molecule has 0 aliphatic rings. The number of rotatable bonds is 4. The van der Waals surface area contributed by atoms with Crippen LogP contribution in [0.5, 0.6) is 0 Å². The summed E-state index contributed by atoms with van der Waals surface area (Å²) in [6, 6.07) is 14.2. The Balaban J connectivity index is 1.81. The van der Waals surface area contributed by atoms with Gasteiger partial charge in [0.2, 0.25) is 5.91 Å². The van der Waals surface area contributed by atoms with Gasteiger partial charge in [0, 0.05) is 22.3 Å². The summed E-state index contributed by atoms with van der Waals surface area (Å²) in [6.45, 7) is 1.67. The van der Waals surface area contributed by atoms with E-state index in [1.807, 2.05) is 37.3 Å². The summed E-state index contributed by atoms with van der Waals surface area (Å²) >= 11 is 3.38. The first kappa shape index (κ1) is 17.0. The van der Waals surface area contributed by atoms with Gasteiger partial charge in [-0.25, -0.2) is 9.67 Å². The zero-order chi connectivity index (χ0) is 17.8. The van der Waals surface area contributed by atoms with Crippen molar-refractivity contribution >= 4 is 27.7 Å². The number of nitrogens with zero attached hydrogens (tertiary/aromatic N) is 3. The van der Waals surface area contributed by atoms with E-state index in [-0.39, 0.29) is 18.0 Å². The Morgan fingerprint density at radius 3 is 2.64 bits per heavy atom. The molecule has 0 aliphatic heterocycles. The molecule has 7 heteroatoms. The molecule has 2 aromatic heterocycles. The van der Waals surface area contributed by atoms with Crippen LogP contribution in [0.1, 0.15) is 5.56 Å². The normalized spacial score (nSPS) is 10.5. The largest absolute Gasteiger partial charge is 0.309 e. The van der Waals surface area contributed by atoms with Crippen molar-refractivity contribution in [3.8, 4) is 11.3 Å². The van der Waals surface area contributed by atoms with Crippen LogP contribution in [0.4, 0.5) is 5.82 Å². The fourth-order valence-corrected chi connectivity index (χ4v) is 2.53. The second-order valence-electron chi connectivity index (χ2n) is 5.44. The summed E-state index contributed by atoms with van der Waals surface area (Å²) in [5, 5.41) is 6.98. The smallest absolute Gasteiger partial charge is 0.267 e. The van der Waals surface area contributed by atoms with E-state index < -0.39 is 0 Å². The highest BCUT2D eigenvalue weighted by molar-refractivity contribution is 9.10. The predicted molar refractivity (Wildman–Crippen MR) is 99.2 cm³/mol. The van der Waals surface area contributed by atoms with Crippen molar-refractivity contribution in [2.24, 2.45) is 0 Å². The molecule has 0 radical (unpaired) electrons. The van der Waals surface area contributed by atoms with E-state index in [4.69, 9.17) is 0 Å². The van der Waals surface area contributed by atoms with Gasteiger partial charge in [0.15, 0.2) is 0 Å². The lowest BCUT2D eigenvalue weighted by Crippen LogP contribution is -2.29. The van der Waals surface area contributed by atoms with Crippen LogP contribution in [-0.2, 0) is 11.3 Å². The summed E-state index contributed by atoms with van der Waals surface area (Å²) in [5.74, 6) is 0.119. The van der Waals surface area contributed by atoms with Gasteiger partial charge in [0.05, 0.1) is 5.69 Å². The summed E-state index contributed by atoms with van der Waals surface area (Å²) in [6.07, 6.45) is 1.60. The highest BCUT2D eigenvalue weighted by Gasteiger charge is 2.10. The van der Waals surface area contributed by atoms with E-state index in [0.717, 1.165) is 20.3 Å². The molecule has 2 heterocycles. The molecule has 126 valence electrons. The van der Waals surface area contributed by atoms with Gasteiger partial charge in [-0.05, 0) is 36.8 Å². The first-order chi connectivity index (χ1) is 12.0. The minimum atomic E-state index is -0.357. The summed E-state index contributed by atoms with van der Waals surface area (Å²) in [4.78, 5) is 28.3. The molecule has 0 aliphatic carbocycles. The third kappa shape index (κ3) is 4.19. The number of carbonyl (C=O) groups excluding carboxylic acids is 1. The molecular formula is C18H15BrN4O2. The van der Waals surface area contributed by atoms with Gasteiger partial charge in [-0.2, -0.15) is 5.10 Å². The number of aryl methyl sites for hydroxylation is 1. The fourth-order valence-electron chi connectivity index (χ4n) is 2.26. The molecule has 3 rings (SSSR count). The molecule has 0 saturated heterocycles. The SMILES string of the molecule is Cc1cccnc1NC(=O)Cn1nc(-c2ccc(Br)cc2)ccc1=O. The van der Waals surface area contributed by atoms with Gasteiger partial charge in [-0.15, -0.1) is 0 Å². The standard InChI is InChI=1S/C18H15BrN4O2/c1-12-3-2-10-20-18(12)21-16(24)11-23-17(25)9-8-15(22-23)13-4-6-14(19)7-5-13/h2-10H,11H2,1H3,(H,20,21,24). The van der Waals surface area contributed by atoms with Crippen LogP contribution in [-0.4, -0.2) is 20.7 Å². The Morgan fingerprint density at radius 1 is 1.16 bits per heavy atom. The molecular weight excluding hydrogens is 384 g/mol. The van der Waals surface area contributed by atoms with E-state index in [0.29, 0.717) is 11.5 Å². The lowest BCUT2D eigenvalue weighted by molar-refractivity contribution is -0.117. The van der Waals surface area contributed by atoms with Crippen LogP contribution in [0, 0.1) is 6.92 Å². The van der Waals surface area contributed by atoms with E-state index in [9.17, 15) is 9.59 Å². The van der Waals surface area contributed by atoms with Crippen molar-refractivity contribution in [3.63, 3.8) is 0 Å². The topological polar surface area (TPSA) is 76.9 Å². The van der Waals surface area contributed by atoms with Crippen molar-refractivity contribution in [2.75, 3.05) is 5.32 Å². The van der Waals surface area contributed by atoms with Crippen molar-refractivity contribution in [2.45, 2.75) is 13.5 Å². The van der Waals surface area contributed by atoms with E-state index in [2.05, 4.69) is 31.3 Å². The molecule has 25 heavy (non-hydrogen) atoms. The average molecular weight is 399 g/mol. The zero-order valence-electron chi connectivity index (χ0n) is 13.4. The van der Waals surface area contributed by atoms with Gasteiger partial charge in [0.1, 0.15) is 12.4 Å². The van der Waals surface area contributed by atoms with Crippen LogP contribution in [0.25, 0.3) is 11.3 Å². The highest BCUT2D eigenvalue weighted by Crippen LogP contribution is 2.18. The third-order valence-corrected chi connectivity index (χ3v) is 4.10. The van der Waals surface area contributed by atoms with Crippen LogP contribution in [0.15, 0.2) is 64.0 Å². The number of carbonyl (C=O) groups is 1. The van der Waals surface area contributed by atoms with Gasteiger partial charge < -0.3 is 5.32 Å².